The zero-order valence-corrected chi connectivity index (χ0v) is 24.9. The maximum absolute atomic E-state index is 14.2. The quantitative estimate of drug-likeness (QED) is 0.237. The number of methoxy groups -OCH3 is 1. The molecule has 2 aromatic carbocycles. The van der Waals surface area contributed by atoms with Crippen LogP contribution in [0.25, 0.3) is 22.8 Å². The lowest BCUT2D eigenvalue weighted by atomic mass is 9.86. The van der Waals surface area contributed by atoms with Gasteiger partial charge in [-0.2, -0.15) is 5.10 Å². The van der Waals surface area contributed by atoms with Crippen molar-refractivity contribution in [1.29, 1.82) is 0 Å². The van der Waals surface area contributed by atoms with Gasteiger partial charge in [0.25, 0.3) is 5.91 Å². The second-order valence-corrected chi connectivity index (χ2v) is 11.2. The van der Waals surface area contributed by atoms with Crippen LogP contribution in [-0.4, -0.2) is 61.6 Å². The van der Waals surface area contributed by atoms with Crippen molar-refractivity contribution in [2.45, 2.75) is 57.2 Å². The molecule has 1 unspecified atom stereocenters. The van der Waals surface area contributed by atoms with Crippen LogP contribution < -0.4 is 10.5 Å². The largest absolute Gasteiger partial charge is 0.495 e. The minimum absolute atomic E-state index is 0.0320. The summed E-state index contributed by atoms with van der Waals surface area (Å²) in [7, 11) is 1.55. The van der Waals surface area contributed by atoms with E-state index in [1.54, 1.807) is 53.4 Å². The highest BCUT2D eigenvalue weighted by Crippen LogP contribution is 2.31. The number of halogens is 2. The summed E-state index contributed by atoms with van der Waals surface area (Å²) in [5.41, 5.74) is 6.96. The molecule has 0 spiro atoms. The third-order valence-electron chi connectivity index (χ3n) is 8.01. The van der Waals surface area contributed by atoms with E-state index >= 15 is 0 Å². The summed E-state index contributed by atoms with van der Waals surface area (Å²) in [5, 5.41) is 5.22. The van der Waals surface area contributed by atoms with Gasteiger partial charge in [0.1, 0.15) is 11.6 Å². The Hall–Kier alpha value is -4.15. The number of benzene rings is 2. The van der Waals surface area contributed by atoms with Gasteiger partial charge in [-0.1, -0.05) is 36.6 Å². The van der Waals surface area contributed by atoms with Crippen LogP contribution in [0.4, 0.5) is 4.39 Å². The summed E-state index contributed by atoms with van der Waals surface area (Å²) in [6.45, 7) is 1.89. The maximum Gasteiger partial charge on any atom is 0.251 e. The van der Waals surface area contributed by atoms with Gasteiger partial charge in [-0.3, -0.25) is 14.6 Å². The number of hydrogen-bond donors (Lipinski definition) is 1. The van der Waals surface area contributed by atoms with Crippen molar-refractivity contribution in [3.8, 4) is 28.5 Å². The molecular weight excluding hydrogens is 571 g/mol. The van der Waals surface area contributed by atoms with E-state index in [-0.39, 0.29) is 19.0 Å². The first kappa shape index (κ1) is 30.3. The molecule has 1 amide bonds. The molecule has 9 nitrogen and oxygen atoms in total. The number of nitrogens with two attached hydrogens (primary N) is 1. The van der Waals surface area contributed by atoms with Gasteiger partial charge >= 0.3 is 0 Å². The Morgan fingerprint density at radius 1 is 1.09 bits per heavy atom. The zero-order chi connectivity index (χ0) is 30.6. The first-order chi connectivity index (χ1) is 20.7. The van der Waals surface area contributed by atoms with E-state index in [9.17, 15) is 14.0 Å². The molecule has 0 aliphatic heterocycles. The molecule has 0 radical (unpaired) electrons. The Morgan fingerprint density at radius 3 is 2.42 bits per heavy atom. The summed E-state index contributed by atoms with van der Waals surface area (Å²) in [6.07, 6.45) is 6.90. The predicted octanol–water partition coefficient (Wildman–Crippen LogP) is 5.11. The number of carbonyl (C=O) groups excluding carboxylic acids is 2. The van der Waals surface area contributed by atoms with Gasteiger partial charge in [0.2, 0.25) is 0 Å². The lowest BCUT2D eigenvalue weighted by Crippen LogP contribution is -2.63. The van der Waals surface area contributed by atoms with E-state index in [1.807, 2.05) is 18.2 Å². The van der Waals surface area contributed by atoms with Crippen LogP contribution in [0.1, 0.15) is 38.2 Å². The number of pyridine rings is 1. The van der Waals surface area contributed by atoms with Gasteiger partial charge in [-0.25, -0.2) is 14.1 Å². The molecule has 0 bridgehead atoms. The Labute approximate surface area is 254 Å². The van der Waals surface area contributed by atoms with Gasteiger partial charge < -0.3 is 15.4 Å². The highest BCUT2D eigenvalue weighted by Gasteiger charge is 2.44. The van der Waals surface area contributed by atoms with E-state index in [4.69, 9.17) is 32.2 Å². The minimum atomic E-state index is -1.79. The summed E-state index contributed by atoms with van der Waals surface area (Å²) in [6, 6.07) is 14.7. The number of nitrogens with zero attached hydrogens (tertiary/aromatic N) is 5. The monoisotopic (exact) mass is 604 g/mol. The van der Waals surface area contributed by atoms with Crippen LogP contribution in [-0.2, 0) is 22.6 Å². The predicted molar refractivity (Wildman–Crippen MR) is 162 cm³/mol. The van der Waals surface area contributed by atoms with E-state index in [0.717, 1.165) is 36.8 Å². The van der Waals surface area contributed by atoms with Crippen molar-refractivity contribution in [2.75, 3.05) is 13.7 Å². The van der Waals surface area contributed by atoms with E-state index in [1.165, 1.54) is 19.1 Å². The fraction of sp³-hybridized carbons (Fsp3) is 0.344. The molecule has 1 fully saturated rings. The van der Waals surface area contributed by atoms with Crippen molar-refractivity contribution in [2.24, 2.45) is 5.73 Å². The van der Waals surface area contributed by atoms with Gasteiger partial charge in [0.05, 0.1) is 18.7 Å². The van der Waals surface area contributed by atoms with E-state index < -0.39 is 23.0 Å². The Kier molecular flexibility index (Phi) is 9.17. The second kappa shape index (κ2) is 13.0. The lowest BCUT2D eigenvalue weighted by molar-refractivity contribution is -0.144. The van der Waals surface area contributed by atoms with Gasteiger partial charge in [0.15, 0.2) is 23.0 Å². The molecule has 2 N–H and O–H groups in total. The molecule has 43 heavy (non-hydrogen) atoms. The molecule has 2 heterocycles. The maximum atomic E-state index is 14.2. The second-order valence-electron chi connectivity index (χ2n) is 10.8. The summed E-state index contributed by atoms with van der Waals surface area (Å²) < 4.78 is 20.6. The highest BCUT2D eigenvalue weighted by atomic mass is 35.5. The zero-order valence-electron chi connectivity index (χ0n) is 24.2. The number of ether oxygens (including phenoxy) is 1. The fourth-order valence-corrected chi connectivity index (χ4v) is 5.80. The number of carbonyl (C=O) groups is 2. The van der Waals surface area contributed by atoms with Crippen LogP contribution in [0.15, 0.2) is 67.0 Å². The molecule has 5 rings (SSSR count). The van der Waals surface area contributed by atoms with Gasteiger partial charge in [-0.15, -0.1) is 0 Å². The molecule has 1 aliphatic rings. The molecule has 4 aromatic rings. The highest BCUT2D eigenvalue weighted by molar-refractivity contribution is 6.32. The molecular formula is C32H34ClFN6O3. The number of hydrogen-bond acceptors (Lipinski definition) is 7. The van der Waals surface area contributed by atoms with Gasteiger partial charge in [-0.05, 0) is 67.8 Å². The van der Waals surface area contributed by atoms with Crippen LogP contribution in [0.2, 0.25) is 5.02 Å². The normalized spacial score (nSPS) is 14.8. The topological polar surface area (TPSA) is 116 Å². The molecule has 11 heteroatoms. The van der Waals surface area contributed by atoms with Crippen molar-refractivity contribution < 1.29 is 18.7 Å². The number of rotatable bonds is 11. The molecule has 0 saturated heterocycles. The van der Waals surface area contributed by atoms with E-state index in [2.05, 4.69) is 4.98 Å². The van der Waals surface area contributed by atoms with Gasteiger partial charge in [0, 0.05) is 42.5 Å². The van der Waals surface area contributed by atoms with Crippen LogP contribution >= 0.6 is 11.6 Å². The van der Waals surface area contributed by atoms with Crippen LogP contribution in [0.3, 0.4) is 0 Å². The third-order valence-corrected chi connectivity index (χ3v) is 8.30. The Bertz CT molecular complexity index is 1590. The lowest BCUT2D eigenvalue weighted by Gasteiger charge is -2.36. The average Bonchev–Trinajstić information content (AvgIpc) is 3.70. The number of aromatic nitrogens is 4. The number of Topliss-reactive ketones (excluding diaryl/α,β-unsaturated/α-hetero) is 1. The Balaban J connectivity index is 1.48. The fourth-order valence-electron chi connectivity index (χ4n) is 5.54. The SMILES string of the molecule is COc1ccc(-c2nc(-c3ccncc3)nn2CCN(C(=O)C(N)(Cc2ccc(F)cc2)C(C)=O)C2CCCC2)cc1Cl. The van der Waals surface area contributed by atoms with Crippen molar-refractivity contribution in [3.05, 3.63) is 83.4 Å². The first-order valence-electron chi connectivity index (χ1n) is 14.2. The number of ketones is 1. The summed E-state index contributed by atoms with van der Waals surface area (Å²) in [4.78, 5) is 37.8. The molecule has 224 valence electrons. The molecule has 2 aromatic heterocycles. The standard InChI is InChI=1S/C32H34ClFN6O3/c1-21(41)32(35,20-22-7-10-25(34)11-8-22)31(42)39(26-5-3-4-6-26)17-18-40-30(24-9-12-28(43-2)27(33)19-24)37-29(38-40)23-13-15-36-16-14-23/h7-16,19,26H,3-6,17-18,20,35H2,1-2H3. The van der Waals surface area contributed by atoms with Crippen LogP contribution in [0.5, 0.6) is 5.75 Å². The van der Waals surface area contributed by atoms with E-state index in [0.29, 0.717) is 34.5 Å². The Morgan fingerprint density at radius 2 is 1.79 bits per heavy atom. The first-order valence-corrected chi connectivity index (χ1v) is 14.6. The number of amides is 1. The summed E-state index contributed by atoms with van der Waals surface area (Å²) >= 11 is 6.46. The molecule has 1 atom stereocenters. The molecule has 1 saturated carbocycles. The minimum Gasteiger partial charge on any atom is -0.495 e. The molecule has 1 aliphatic carbocycles. The van der Waals surface area contributed by atoms with Crippen molar-refractivity contribution in [1.82, 2.24) is 24.6 Å². The average molecular weight is 605 g/mol. The smallest absolute Gasteiger partial charge is 0.251 e. The third kappa shape index (κ3) is 6.60. The van der Waals surface area contributed by atoms with Crippen molar-refractivity contribution in [3.63, 3.8) is 0 Å². The van der Waals surface area contributed by atoms with Crippen molar-refractivity contribution >= 4 is 23.3 Å². The van der Waals surface area contributed by atoms with Crippen LogP contribution in [0, 0.1) is 5.82 Å². The summed E-state index contributed by atoms with van der Waals surface area (Å²) in [5.74, 6) is 0.303.